The van der Waals surface area contributed by atoms with Crippen LogP contribution in [0.3, 0.4) is 0 Å². The van der Waals surface area contributed by atoms with Gasteiger partial charge in [-0.1, -0.05) is 25.7 Å². The van der Waals surface area contributed by atoms with Gasteiger partial charge in [0.25, 0.3) is 0 Å². The van der Waals surface area contributed by atoms with Crippen molar-refractivity contribution >= 4 is 5.91 Å². The monoisotopic (exact) mass is 250 g/mol. The molecule has 2 unspecified atom stereocenters. The number of rotatable bonds is 2. The maximum absolute atomic E-state index is 12.3. The van der Waals surface area contributed by atoms with E-state index in [-0.39, 0.29) is 0 Å². The fourth-order valence-corrected chi connectivity index (χ4v) is 4.07. The van der Waals surface area contributed by atoms with E-state index in [2.05, 4.69) is 10.6 Å². The maximum atomic E-state index is 12.3. The molecule has 2 saturated heterocycles. The molecule has 3 nitrogen and oxygen atoms in total. The molecule has 0 aromatic heterocycles. The van der Waals surface area contributed by atoms with Gasteiger partial charge in [0.1, 0.15) is 0 Å². The van der Waals surface area contributed by atoms with Crippen LogP contribution in [0.1, 0.15) is 64.2 Å². The van der Waals surface area contributed by atoms with Crippen LogP contribution in [0.25, 0.3) is 0 Å². The first kappa shape index (κ1) is 12.5. The van der Waals surface area contributed by atoms with Crippen LogP contribution in [0.4, 0.5) is 0 Å². The van der Waals surface area contributed by atoms with Crippen LogP contribution in [-0.4, -0.2) is 24.0 Å². The zero-order chi connectivity index (χ0) is 12.4. The van der Waals surface area contributed by atoms with Gasteiger partial charge < -0.3 is 10.6 Å². The fraction of sp³-hybridized carbons (Fsp3) is 0.933. The van der Waals surface area contributed by atoms with Gasteiger partial charge in [-0.3, -0.25) is 4.79 Å². The minimum atomic E-state index is 0.313. The smallest absolute Gasteiger partial charge is 0.223 e. The summed E-state index contributed by atoms with van der Waals surface area (Å²) in [6, 6.07) is 1.76. The van der Waals surface area contributed by atoms with Gasteiger partial charge in [-0.2, -0.15) is 0 Å². The molecule has 0 spiro atoms. The van der Waals surface area contributed by atoms with Crippen molar-refractivity contribution in [2.45, 2.75) is 82.3 Å². The summed E-state index contributed by atoms with van der Waals surface area (Å²) in [5, 5.41) is 7.02. The Kier molecular flexibility index (Phi) is 3.88. The predicted octanol–water partition coefficient (Wildman–Crippen LogP) is 2.36. The number of fused-ring (bicyclic) bond motifs is 2. The van der Waals surface area contributed by atoms with Crippen LogP contribution in [-0.2, 0) is 4.79 Å². The van der Waals surface area contributed by atoms with Gasteiger partial charge in [0, 0.05) is 24.0 Å². The quantitative estimate of drug-likeness (QED) is 0.790. The first-order chi connectivity index (χ1) is 8.81. The predicted molar refractivity (Wildman–Crippen MR) is 72.3 cm³/mol. The number of nitrogens with one attached hydrogen (secondary N) is 2. The largest absolute Gasteiger partial charge is 0.353 e. The lowest BCUT2D eigenvalue weighted by atomic mass is 9.83. The van der Waals surface area contributed by atoms with Crippen LogP contribution in [0.15, 0.2) is 0 Å². The topological polar surface area (TPSA) is 41.1 Å². The molecule has 2 atom stereocenters. The highest BCUT2D eigenvalue weighted by Gasteiger charge is 2.33. The van der Waals surface area contributed by atoms with Crippen LogP contribution in [0.2, 0.25) is 0 Å². The summed E-state index contributed by atoms with van der Waals surface area (Å²) in [5.74, 6) is 0.660. The van der Waals surface area contributed by atoms with E-state index in [1.807, 2.05) is 0 Å². The van der Waals surface area contributed by atoms with Crippen molar-refractivity contribution < 1.29 is 4.79 Å². The first-order valence-corrected chi connectivity index (χ1v) is 7.87. The molecule has 102 valence electrons. The van der Waals surface area contributed by atoms with Crippen molar-refractivity contribution in [1.29, 1.82) is 0 Å². The molecule has 1 amide bonds. The van der Waals surface area contributed by atoms with Crippen LogP contribution in [0, 0.1) is 5.92 Å². The standard InChI is InChI=1S/C15H26N2O/c18-15(11-5-2-1-3-6-11)17-14-9-12-7-4-8-13(10-14)16-12/h11-14,16H,1-10H2,(H,17,18). The summed E-state index contributed by atoms with van der Waals surface area (Å²) >= 11 is 0. The molecule has 3 fully saturated rings. The molecule has 1 aliphatic carbocycles. The molecular weight excluding hydrogens is 224 g/mol. The van der Waals surface area contributed by atoms with Crippen LogP contribution >= 0.6 is 0 Å². The van der Waals surface area contributed by atoms with Crippen LogP contribution < -0.4 is 10.6 Å². The van der Waals surface area contributed by atoms with E-state index in [9.17, 15) is 4.79 Å². The van der Waals surface area contributed by atoms with E-state index >= 15 is 0 Å². The molecule has 2 aliphatic heterocycles. The summed E-state index contributed by atoms with van der Waals surface area (Å²) in [5.41, 5.74) is 0. The van der Waals surface area contributed by atoms with Gasteiger partial charge in [0.05, 0.1) is 0 Å². The fourth-order valence-electron chi connectivity index (χ4n) is 4.07. The van der Waals surface area contributed by atoms with Crippen molar-refractivity contribution in [1.82, 2.24) is 10.6 Å². The van der Waals surface area contributed by atoms with Crippen molar-refractivity contribution in [3.8, 4) is 0 Å². The molecule has 3 rings (SSSR count). The average Bonchev–Trinajstić information content (AvgIpc) is 2.39. The molecule has 0 radical (unpaired) electrons. The van der Waals surface area contributed by atoms with Crippen molar-refractivity contribution in [3.63, 3.8) is 0 Å². The second-order valence-electron chi connectivity index (χ2n) is 6.50. The Morgan fingerprint density at radius 1 is 0.889 bits per heavy atom. The highest BCUT2D eigenvalue weighted by atomic mass is 16.1. The minimum Gasteiger partial charge on any atom is -0.353 e. The van der Waals surface area contributed by atoms with Gasteiger partial charge in [0.2, 0.25) is 5.91 Å². The third-order valence-electron chi connectivity index (χ3n) is 5.04. The summed E-state index contributed by atoms with van der Waals surface area (Å²) in [6.45, 7) is 0. The minimum absolute atomic E-state index is 0.313. The zero-order valence-electron chi connectivity index (χ0n) is 11.3. The Hall–Kier alpha value is -0.570. The van der Waals surface area contributed by atoms with Crippen molar-refractivity contribution in [3.05, 3.63) is 0 Å². The lowest BCUT2D eigenvalue weighted by Gasteiger charge is -2.41. The Morgan fingerprint density at radius 3 is 2.22 bits per heavy atom. The molecule has 0 aromatic rings. The van der Waals surface area contributed by atoms with Gasteiger partial charge in [-0.15, -0.1) is 0 Å². The second kappa shape index (κ2) is 5.60. The highest BCUT2D eigenvalue weighted by Crippen LogP contribution is 2.27. The molecule has 3 aliphatic rings. The zero-order valence-corrected chi connectivity index (χ0v) is 11.3. The van der Waals surface area contributed by atoms with E-state index in [0.29, 0.717) is 30.0 Å². The van der Waals surface area contributed by atoms with Crippen molar-refractivity contribution in [2.75, 3.05) is 0 Å². The lowest BCUT2D eigenvalue weighted by molar-refractivity contribution is -0.127. The number of hydrogen-bond donors (Lipinski definition) is 2. The Labute approximate surface area is 110 Å². The van der Waals surface area contributed by atoms with E-state index in [0.717, 1.165) is 25.7 Å². The lowest BCUT2D eigenvalue weighted by Crippen LogP contribution is -2.55. The van der Waals surface area contributed by atoms with Crippen LogP contribution in [0.5, 0.6) is 0 Å². The average molecular weight is 250 g/mol. The van der Waals surface area contributed by atoms with E-state index in [4.69, 9.17) is 0 Å². The number of piperidine rings is 2. The van der Waals surface area contributed by atoms with Gasteiger partial charge >= 0.3 is 0 Å². The van der Waals surface area contributed by atoms with Gasteiger partial charge in [-0.25, -0.2) is 0 Å². The third kappa shape index (κ3) is 2.87. The summed E-state index contributed by atoms with van der Waals surface area (Å²) in [6.07, 6.45) is 12.3. The summed E-state index contributed by atoms with van der Waals surface area (Å²) in [7, 11) is 0. The summed E-state index contributed by atoms with van der Waals surface area (Å²) < 4.78 is 0. The van der Waals surface area contributed by atoms with E-state index < -0.39 is 0 Å². The Morgan fingerprint density at radius 2 is 1.56 bits per heavy atom. The highest BCUT2D eigenvalue weighted by molar-refractivity contribution is 5.79. The normalized spacial score (nSPS) is 37.2. The number of carbonyl (C=O) groups excluding carboxylic acids is 1. The molecule has 0 aromatic carbocycles. The van der Waals surface area contributed by atoms with Crippen molar-refractivity contribution in [2.24, 2.45) is 5.92 Å². The van der Waals surface area contributed by atoms with E-state index in [1.165, 1.54) is 38.5 Å². The molecular formula is C15H26N2O. The molecule has 2 bridgehead atoms. The number of amides is 1. The van der Waals surface area contributed by atoms with Gasteiger partial charge in [-0.05, 0) is 38.5 Å². The Balaban J connectivity index is 1.51. The molecule has 1 saturated carbocycles. The second-order valence-corrected chi connectivity index (χ2v) is 6.50. The van der Waals surface area contributed by atoms with Gasteiger partial charge in [0.15, 0.2) is 0 Å². The maximum Gasteiger partial charge on any atom is 0.223 e. The molecule has 2 heterocycles. The van der Waals surface area contributed by atoms with E-state index in [1.54, 1.807) is 0 Å². The summed E-state index contributed by atoms with van der Waals surface area (Å²) in [4.78, 5) is 12.3. The SMILES string of the molecule is O=C(NC1CC2CCCC(C1)N2)C1CCCCC1. The molecule has 18 heavy (non-hydrogen) atoms. The number of hydrogen-bond acceptors (Lipinski definition) is 2. The Bertz CT molecular complexity index is 287. The first-order valence-electron chi connectivity index (χ1n) is 7.87. The molecule has 3 heteroatoms. The molecule has 2 N–H and O–H groups in total. The number of carbonyl (C=O) groups is 1. The third-order valence-corrected chi connectivity index (χ3v) is 5.04.